The lowest BCUT2D eigenvalue weighted by Gasteiger charge is -2.17. The molecule has 1 aliphatic rings. The summed E-state index contributed by atoms with van der Waals surface area (Å²) in [4.78, 5) is 23.3. The van der Waals surface area contributed by atoms with Gasteiger partial charge in [-0.2, -0.15) is 0 Å². The number of carboxylic acids is 1. The summed E-state index contributed by atoms with van der Waals surface area (Å²) in [6.07, 6.45) is 2.04. The van der Waals surface area contributed by atoms with E-state index in [1.165, 1.54) is 6.92 Å². The van der Waals surface area contributed by atoms with Crippen LogP contribution in [-0.4, -0.2) is 37.7 Å². The molecule has 1 amide bonds. The molecule has 1 aromatic carbocycles. The number of benzene rings is 1. The number of nitrogens with one attached hydrogen (secondary N) is 1. The Kier molecular flexibility index (Phi) is 5.12. The minimum absolute atomic E-state index is 0.157. The van der Waals surface area contributed by atoms with Crippen molar-refractivity contribution in [1.29, 1.82) is 0 Å². The first-order valence-corrected chi connectivity index (χ1v) is 8.23. The SMILES string of the molecule is CC(C(=O)NC1CC1)S(=O)C(Cc1ccccc1)C(=O)O. The van der Waals surface area contributed by atoms with E-state index in [9.17, 15) is 18.9 Å². The summed E-state index contributed by atoms with van der Waals surface area (Å²) in [6.45, 7) is 1.52. The molecule has 6 heteroatoms. The molecule has 3 atom stereocenters. The van der Waals surface area contributed by atoms with Crippen LogP contribution < -0.4 is 5.32 Å². The van der Waals surface area contributed by atoms with Crippen LogP contribution in [0.15, 0.2) is 30.3 Å². The van der Waals surface area contributed by atoms with Crippen LogP contribution in [0.4, 0.5) is 0 Å². The van der Waals surface area contributed by atoms with Crippen molar-refractivity contribution in [3.8, 4) is 0 Å². The molecule has 21 heavy (non-hydrogen) atoms. The zero-order valence-corrected chi connectivity index (χ0v) is 12.6. The lowest BCUT2D eigenvalue weighted by atomic mass is 10.1. The summed E-state index contributed by atoms with van der Waals surface area (Å²) in [5, 5.41) is 10.2. The molecule has 1 aromatic rings. The maximum absolute atomic E-state index is 12.4. The lowest BCUT2D eigenvalue weighted by Crippen LogP contribution is -2.42. The summed E-state index contributed by atoms with van der Waals surface area (Å²) in [7, 11) is -1.76. The molecular weight excluding hydrogens is 290 g/mol. The van der Waals surface area contributed by atoms with Crippen molar-refractivity contribution in [2.75, 3.05) is 0 Å². The van der Waals surface area contributed by atoms with Crippen LogP contribution in [0, 0.1) is 0 Å². The maximum atomic E-state index is 12.4. The van der Waals surface area contributed by atoms with Crippen molar-refractivity contribution in [2.45, 2.75) is 42.7 Å². The third-order valence-corrected chi connectivity index (χ3v) is 5.30. The first-order chi connectivity index (χ1) is 9.99. The standard InChI is InChI=1S/C15H19NO4S/c1-10(14(17)16-12-7-8-12)21(20)13(15(18)19)9-11-5-3-2-4-6-11/h2-6,10,12-13H,7-9H2,1H3,(H,16,17)(H,18,19). The molecule has 1 fully saturated rings. The van der Waals surface area contributed by atoms with E-state index in [0.29, 0.717) is 0 Å². The maximum Gasteiger partial charge on any atom is 0.319 e. The molecular formula is C15H19NO4S. The summed E-state index contributed by atoms with van der Waals surface area (Å²) in [5.41, 5.74) is 0.799. The van der Waals surface area contributed by atoms with Gasteiger partial charge in [0.25, 0.3) is 0 Å². The average molecular weight is 309 g/mol. The number of carboxylic acid groups (broad SMARTS) is 1. The Bertz CT molecular complexity index is 542. The minimum atomic E-state index is -1.76. The van der Waals surface area contributed by atoms with Crippen molar-refractivity contribution >= 4 is 22.7 Å². The molecule has 114 valence electrons. The van der Waals surface area contributed by atoms with Gasteiger partial charge in [-0.1, -0.05) is 30.3 Å². The highest BCUT2D eigenvalue weighted by Crippen LogP contribution is 2.20. The fourth-order valence-electron chi connectivity index (χ4n) is 2.00. The first-order valence-electron chi connectivity index (χ1n) is 6.95. The van der Waals surface area contributed by atoms with Crippen molar-refractivity contribution in [2.24, 2.45) is 0 Å². The summed E-state index contributed by atoms with van der Waals surface area (Å²) >= 11 is 0. The molecule has 0 aromatic heterocycles. The van der Waals surface area contributed by atoms with Gasteiger partial charge in [-0.05, 0) is 31.7 Å². The van der Waals surface area contributed by atoms with E-state index >= 15 is 0 Å². The van der Waals surface area contributed by atoms with Crippen LogP contribution in [0.25, 0.3) is 0 Å². The third-order valence-electron chi connectivity index (χ3n) is 3.46. The largest absolute Gasteiger partial charge is 0.480 e. The van der Waals surface area contributed by atoms with Crippen molar-refractivity contribution in [3.05, 3.63) is 35.9 Å². The van der Waals surface area contributed by atoms with E-state index in [0.717, 1.165) is 18.4 Å². The summed E-state index contributed by atoms with van der Waals surface area (Å²) < 4.78 is 12.4. The van der Waals surface area contributed by atoms with Gasteiger partial charge in [0.05, 0.1) is 0 Å². The van der Waals surface area contributed by atoms with E-state index in [2.05, 4.69) is 5.32 Å². The Morgan fingerprint density at radius 2 is 1.95 bits per heavy atom. The first kappa shape index (κ1) is 15.7. The molecule has 0 radical (unpaired) electrons. The Balaban J connectivity index is 2.04. The second kappa shape index (κ2) is 6.85. The molecule has 2 N–H and O–H groups in total. The van der Waals surface area contributed by atoms with Gasteiger partial charge in [-0.15, -0.1) is 0 Å². The monoisotopic (exact) mass is 309 g/mol. The molecule has 3 unspecified atom stereocenters. The lowest BCUT2D eigenvalue weighted by molar-refractivity contribution is -0.136. The third kappa shape index (κ3) is 4.39. The normalized spacial score (nSPS) is 18.5. The van der Waals surface area contributed by atoms with Gasteiger partial charge in [0.2, 0.25) is 5.91 Å². The number of carbonyl (C=O) groups excluding carboxylic acids is 1. The molecule has 0 bridgehead atoms. The van der Waals surface area contributed by atoms with Crippen LogP contribution in [0.5, 0.6) is 0 Å². The number of hydrogen-bond acceptors (Lipinski definition) is 3. The number of rotatable bonds is 7. The molecule has 1 aliphatic carbocycles. The zero-order chi connectivity index (χ0) is 15.4. The van der Waals surface area contributed by atoms with Crippen LogP contribution in [0.1, 0.15) is 25.3 Å². The second-order valence-electron chi connectivity index (χ2n) is 5.27. The number of carbonyl (C=O) groups is 2. The van der Waals surface area contributed by atoms with Gasteiger partial charge < -0.3 is 10.4 Å². The molecule has 0 heterocycles. The highest BCUT2D eigenvalue weighted by atomic mass is 32.2. The Hall–Kier alpha value is -1.69. The van der Waals surface area contributed by atoms with E-state index in [1.54, 1.807) is 24.3 Å². The molecule has 2 rings (SSSR count). The molecule has 0 spiro atoms. The minimum Gasteiger partial charge on any atom is -0.480 e. The highest BCUT2D eigenvalue weighted by Gasteiger charge is 2.34. The highest BCUT2D eigenvalue weighted by molar-refractivity contribution is 7.87. The molecule has 5 nitrogen and oxygen atoms in total. The van der Waals surface area contributed by atoms with Crippen molar-refractivity contribution < 1.29 is 18.9 Å². The number of amides is 1. The fraction of sp³-hybridized carbons (Fsp3) is 0.467. The Morgan fingerprint density at radius 1 is 1.33 bits per heavy atom. The average Bonchev–Trinajstić information content (AvgIpc) is 3.28. The van der Waals surface area contributed by atoms with Gasteiger partial charge in [-0.3, -0.25) is 13.8 Å². The van der Waals surface area contributed by atoms with Crippen LogP contribution in [0.2, 0.25) is 0 Å². The number of aliphatic carboxylic acids is 1. The predicted molar refractivity (Wildman–Crippen MR) is 80.3 cm³/mol. The van der Waals surface area contributed by atoms with E-state index in [1.807, 2.05) is 6.07 Å². The predicted octanol–water partition coefficient (Wildman–Crippen LogP) is 1.10. The van der Waals surface area contributed by atoms with Crippen molar-refractivity contribution in [1.82, 2.24) is 5.32 Å². The van der Waals surface area contributed by atoms with E-state index in [-0.39, 0.29) is 18.4 Å². The van der Waals surface area contributed by atoms with Gasteiger partial charge in [-0.25, -0.2) is 0 Å². The van der Waals surface area contributed by atoms with E-state index in [4.69, 9.17) is 0 Å². The van der Waals surface area contributed by atoms with Gasteiger partial charge in [0, 0.05) is 16.8 Å². The van der Waals surface area contributed by atoms with Crippen molar-refractivity contribution in [3.63, 3.8) is 0 Å². The summed E-state index contributed by atoms with van der Waals surface area (Å²) in [6, 6.07) is 9.21. The molecule has 0 saturated heterocycles. The Labute approximate surface area is 126 Å². The van der Waals surface area contributed by atoms with Gasteiger partial charge in [0.1, 0.15) is 10.5 Å². The van der Waals surface area contributed by atoms with Gasteiger partial charge in [0.15, 0.2) is 0 Å². The smallest absolute Gasteiger partial charge is 0.319 e. The van der Waals surface area contributed by atoms with Crippen LogP contribution in [-0.2, 0) is 26.8 Å². The van der Waals surface area contributed by atoms with Crippen LogP contribution in [0.3, 0.4) is 0 Å². The molecule has 1 saturated carbocycles. The molecule has 0 aliphatic heterocycles. The number of hydrogen-bond donors (Lipinski definition) is 2. The van der Waals surface area contributed by atoms with Crippen LogP contribution >= 0.6 is 0 Å². The van der Waals surface area contributed by atoms with Gasteiger partial charge >= 0.3 is 5.97 Å². The fourth-order valence-corrected chi connectivity index (χ4v) is 3.32. The van der Waals surface area contributed by atoms with E-state index < -0.39 is 27.3 Å². The zero-order valence-electron chi connectivity index (χ0n) is 11.8. The second-order valence-corrected chi connectivity index (χ2v) is 7.20. The summed E-state index contributed by atoms with van der Waals surface area (Å²) in [5.74, 6) is -1.46. The quantitative estimate of drug-likeness (QED) is 0.790. The topological polar surface area (TPSA) is 83.5 Å². The Morgan fingerprint density at radius 3 is 2.48 bits per heavy atom.